The quantitative estimate of drug-likeness (QED) is 0.643. The van der Waals surface area contributed by atoms with Gasteiger partial charge in [0.25, 0.3) is 11.6 Å². The third-order valence-corrected chi connectivity index (χ3v) is 2.64. The summed E-state index contributed by atoms with van der Waals surface area (Å²) in [6.07, 6.45) is 1.48. The van der Waals surface area contributed by atoms with Crippen LogP contribution in [0.15, 0.2) is 36.5 Å². The SMILES string of the molecule is CCNc1ccc([N+](=O)[O-])cc1C(=O)Nc1cccnn1. The molecule has 8 heteroatoms. The Hall–Kier alpha value is -3.03. The summed E-state index contributed by atoms with van der Waals surface area (Å²) >= 11 is 0. The lowest BCUT2D eigenvalue weighted by molar-refractivity contribution is -0.384. The number of nitrogens with one attached hydrogen (secondary N) is 2. The van der Waals surface area contributed by atoms with Crippen LogP contribution in [0.25, 0.3) is 0 Å². The van der Waals surface area contributed by atoms with E-state index < -0.39 is 10.8 Å². The molecule has 0 aliphatic carbocycles. The number of aromatic nitrogens is 2. The molecule has 1 heterocycles. The zero-order valence-electron chi connectivity index (χ0n) is 11.2. The maximum Gasteiger partial charge on any atom is 0.270 e. The van der Waals surface area contributed by atoms with Crippen molar-refractivity contribution in [1.82, 2.24) is 10.2 Å². The molecule has 0 radical (unpaired) electrons. The zero-order chi connectivity index (χ0) is 15.2. The van der Waals surface area contributed by atoms with Gasteiger partial charge in [-0.05, 0) is 25.1 Å². The first-order valence-electron chi connectivity index (χ1n) is 6.23. The Morgan fingerprint density at radius 2 is 2.19 bits per heavy atom. The summed E-state index contributed by atoms with van der Waals surface area (Å²) in [5.41, 5.74) is 0.544. The summed E-state index contributed by atoms with van der Waals surface area (Å²) in [5, 5.41) is 23.8. The van der Waals surface area contributed by atoms with Crippen LogP contribution in [-0.2, 0) is 0 Å². The topological polar surface area (TPSA) is 110 Å². The van der Waals surface area contributed by atoms with E-state index in [4.69, 9.17) is 0 Å². The molecular weight excluding hydrogens is 274 g/mol. The molecule has 0 aliphatic rings. The molecule has 1 aromatic heterocycles. The first-order valence-corrected chi connectivity index (χ1v) is 6.23. The fraction of sp³-hybridized carbons (Fsp3) is 0.154. The Bertz CT molecular complexity index is 660. The Balaban J connectivity index is 2.33. The van der Waals surface area contributed by atoms with E-state index in [1.807, 2.05) is 6.92 Å². The van der Waals surface area contributed by atoms with E-state index >= 15 is 0 Å². The second kappa shape index (κ2) is 6.42. The second-order valence-electron chi connectivity index (χ2n) is 4.08. The number of carbonyl (C=O) groups excluding carboxylic acids is 1. The molecule has 21 heavy (non-hydrogen) atoms. The van der Waals surface area contributed by atoms with Gasteiger partial charge in [0.1, 0.15) is 0 Å². The van der Waals surface area contributed by atoms with Gasteiger partial charge in [-0.2, -0.15) is 5.10 Å². The molecule has 2 rings (SSSR count). The molecule has 0 bridgehead atoms. The van der Waals surface area contributed by atoms with E-state index in [1.54, 1.807) is 12.1 Å². The minimum atomic E-state index is -0.547. The molecule has 0 atom stereocenters. The summed E-state index contributed by atoms with van der Waals surface area (Å²) in [6, 6.07) is 7.28. The van der Waals surface area contributed by atoms with Gasteiger partial charge in [0, 0.05) is 30.6 Å². The van der Waals surface area contributed by atoms with Crippen LogP contribution in [0.1, 0.15) is 17.3 Å². The van der Waals surface area contributed by atoms with E-state index in [0.717, 1.165) is 0 Å². The first kappa shape index (κ1) is 14.4. The third kappa shape index (κ3) is 3.50. The number of nitro groups is 1. The number of benzene rings is 1. The summed E-state index contributed by atoms with van der Waals surface area (Å²) in [7, 11) is 0. The van der Waals surface area contributed by atoms with Gasteiger partial charge >= 0.3 is 0 Å². The van der Waals surface area contributed by atoms with Crippen LogP contribution >= 0.6 is 0 Å². The minimum Gasteiger partial charge on any atom is -0.385 e. The average molecular weight is 287 g/mol. The monoisotopic (exact) mass is 287 g/mol. The largest absolute Gasteiger partial charge is 0.385 e. The number of nitro benzene ring substituents is 1. The molecule has 0 unspecified atom stereocenters. The number of amides is 1. The van der Waals surface area contributed by atoms with Crippen molar-refractivity contribution in [3.63, 3.8) is 0 Å². The van der Waals surface area contributed by atoms with Crippen LogP contribution in [0.4, 0.5) is 17.2 Å². The standard InChI is InChI=1S/C13H13N5O3/c1-2-14-11-6-5-9(18(20)21)8-10(11)13(19)16-12-4-3-7-15-17-12/h3-8,14H,2H2,1H3,(H,16,17,19). The molecule has 0 saturated heterocycles. The molecule has 0 fully saturated rings. The van der Waals surface area contributed by atoms with Crippen molar-refractivity contribution in [3.05, 3.63) is 52.2 Å². The lowest BCUT2D eigenvalue weighted by atomic mass is 10.1. The van der Waals surface area contributed by atoms with Gasteiger partial charge in [0.2, 0.25) is 0 Å². The van der Waals surface area contributed by atoms with Crippen molar-refractivity contribution in [2.45, 2.75) is 6.92 Å². The van der Waals surface area contributed by atoms with Crippen molar-refractivity contribution in [2.24, 2.45) is 0 Å². The fourth-order valence-corrected chi connectivity index (χ4v) is 1.73. The number of nitrogens with zero attached hydrogens (tertiary/aromatic N) is 3. The number of hydrogen-bond donors (Lipinski definition) is 2. The van der Waals surface area contributed by atoms with Crippen molar-refractivity contribution in [3.8, 4) is 0 Å². The fourth-order valence-electron chi connectivity index (χ4n) is 1.73. The molecule has 0 aliphatic heterocycles. The van der Waals surface area contributed by atoms with Crippen molar-refractivity contribution < 1.29 is 9.72 Å². The predicted octanol–water partition coefficient (Wildman–Crippen LogP) is 2.07. The van der Waals surface area contributed by atoms with Crippen LogP contribution in [0.5, 0.6) is 0 Å². The summed E-state index contributed by atoms with van der Waals surface area (Å²) in [4.78, 5) is 22.5. The van der Waals surface area contributed by atoms with Gasteiger partial charge in [-0.15, -0.1) is 5.10 Å². The first-order chi connectivity index (χ1) is 10.1. The number of hydrogen-bond acceptors (Lipinski definition) is 6. The Kier molecular flexibility index (Phi) is 4.39. The summed E-state index contributed by atoms with van der Waals surface area (Å²) < 4.78 is 0. The highest BCUT2D eigenvalue weighted by Gasteiger charge is 2.17. The maximum atomic E-state index is 12.2. The van der Waals surface area contributed by atoms with E-state index in [9.17, 15) is 14.9 Å². The normalized spacial score (nSPS) is 9.95. The van der Waals surface area contributed by atoms with Gasteiger partial charge in [-0.25, -0.2) is 0 Å². The zero-order valence-corrected chi connectivity index (χ0v) is 11.2. The Morgan fingerprint density at radius 3 is 2.81 bits per heavy atom. The molecule has 1 aromatic carbocycles. The van der Waals surface area contributed by atoms with Crippen LogP contribution < -0.4 is 10.6 Å². The summed E-state index contributed by atoms with van der Waals surface area (Å²) in [5.74, 6) is -0.216. The van der Waals surface area contributed by atoms with Gasteiger partial charge in [-0.3, -0.25) is 14.9 Å². The number of rotatable bonds is 5. The van der Waals surface area contributed by atoms with Crippen molar-refractivity contribution >= 4 is 23.1 Å². The van der Waals surface area contributed by atoms with E-state index in [1.165, 1.54) is 24.4 Å². The third-order valence-electron chi connectivity index (χ3n) is 2.64. The molecule has 0 spiro atoms. The highest BCUT2D eigenvalue weighted by atomic mass is 16.6. The van der Waals surface area contributed by atoms with Gasteiger partial charge in [0.05, 0.1) is 10.5 Å². The van der Waals surface area contributed by atoms with Gasteiger partial charge in [-0.1, -0.05) is 0 Å². The molecule has 2 N–H and O–H groups in total. The van der Waals surface area contributed by atoms with Gasteiger partial charge < -0.3 is 10.6 Å². The van der Waals surface area contributed by atoms with E-state index in [2.05, 4.69) is 20.8 Å². The van der Waals surface area contributed by atoms with Crippen LogP contribution in [0.3, 0.4) is 0 Å². The van der Waals surface area contributed by atoms with Gasteiger partial charge in [0.15, 0.2) is 5.82 Å². The number of non-ortho nitro benzene ring substituents is 1. The van der Waals surface area contributed by atoms with Crippen LogP contribution in [0.2, 0.25) is 0 Å². The highest BCUT2D eigenvalue weighted by molar-refractivity contribution is 6.08. The summed E-state index contributed by atoms with van der Waals surface area (Å²) in [6.45, 7) is 2.45. The molecule has 108 valence electrons. The van der Waals surface area contributed by atoms with Crippen LogP contribution in [0, 0.1) is 10.1 Å². The minimum absolute atomic E-state index is 0.152. The smallest absolute Gasteiger partial charge is 0.270 e. The molecule has 1 amide bonds. The molecular formula is C13H13N5O3. The Labute approximate surface area is 120 Å². The predicted molar refractivity (Wildman–Crippen MR) is 77.2 cm³/mol. The average Bonchev–Trinajstić information content (AvgIpc) is 2.48. The van der Waals surface area contributed by atoms with Crippen molar-refractivity contribution in [2.75, 3.05) is 17.2 Å². The van der Waals surface area contributed by atoms with E-state index in [-0.39, 0.29) is 17.1 Å². The molecule has 0 saturated carbocycles. The number of carbonyl (C=O) groups is 1. The number of anilines is 2. The molecule has 2 aromatic rings. The lowest BCUT2D eigenvalue weighted by Gasteiger charge is -2.10. The molecule has 8 nitrogen and oxygen atoms in total. The maximum absolute atomic E-state index is 12.2. The lowest BCUT2D eigenvalue weighted by Crippen LogP contribution is -2.16. The van der Waals surface area contributed by atoms with E-state index in [0.29, 0.717) is 12.2 Å². The second-order valence-corrected chi connectivity index (χ2v) is 4.08. The van der Waals surface area contributed by atoms with Crippen LogP contribution in [-0.4, -0.2) is 27.6 Å². The Morgan fingerprint density at radius 1 is 1.38 bits per heavy atom. The highest BCUT2D eigenvalue weighted by Crippen LogP contribution is 2.23. The van der Waals surface area contributed by atoms with Crippen molar-refractivity contribution in [1.29, 1.82) is 0 Å².